The van der Waals surface area contributed by atoms with E-state index in [-0.39, 0.29) is 30.4 Å². The van der Waals surface area contributed by atoms with Gasteiger partial charge in [0.05, 0.1) is 0 Å². The lowest BCUT2D eigenvalue weighted by molar-refractivity contribution is -0.00184. The molecule has 0 saturated heterocycles. The maximum atomic E-state index is 13.3. The van der Waals surface area contributed by atoms with Gasteiger partial charge in [-0.15, -0.1) is 12.4 Å². The molecule has 1 aliphatic rings. The lowest BCUT2D eigenvalue weighted by Crippen LogP contribution is -2.10. The fourth-order valence-electron chi connectivity index (χ4n) is 2.07. The molecule has 84 valence electrons. The van der Waals surface area contributed by atoms with Crippen LogP contribution >= 0.6 is 12.4 Å². The summed E-state index contributed by atoms with van der Waals surface area (Å²) in [6.45, 7) is 1.83. The van der Waals surface area contributed by atoms with Crippen molar-refractivity contribution in [2.45, 2.75) is 31.7 Å². The van der Waals surface area contributed by atoms with Gasteiger partial charge < -0.3 is 5.73 Å². The zero-order chi connectivity index (χ0) is 10.3. The Morgan fingerprint density at radius 1 is 1.40 bits per heavy atom. The molecule has 0 aromatic heterocycles. The van der Waals surface area contributed by atoms with Crippen molar-refractivity contribution in [2.24, 2.45) is 5.73 Å². The molecule has 0 saturated carbocycles. The van der Waals surface area contributed by atoms with E-state index in [1.807, 2.05) is 13.0 Å². The number of hydrogen-bond acceptors (Lipinski definition) is 1. The van der Waals surface area contributed by atoms with Crippen LogP contribution in [0.1, 0.15) is 36.1 Å². The van der Waals surface area contributed by atoms with Crippen molar-refractivity contribution < 1.29 is 8.78 Å². The number of rotatable bonds is 1. The summed E-state index contributed by atoms with van der Waals surface area (Å²) in [6, 6.07) is 4.84. The second-order valence-electron chi connectivity index (χ2n) is 3.87. The third-order valence-corrected chi connectivity index (χ3v) is 2.79. The molecule has 0 spiro atoms. The third kappa shape index (κ3) is 1.99. The highest BCUT2D eigenvalue weighted by Crippen LogP contribution is 2.43. The van der Waals surface area contributed by atoms with Gasteiger partial charge in [0.15, 0.2) is 0 Å². The second-order valence-corrected chi connectivity index (χ2v) is 3.87. The normalized spacial score (nSPS) is 19.2. The average molecular weight is 234 g/mol. The first kappa shape index (κ1) is 12.4. The van der Waals surface area contributed by atoms with Crippen molar-refractivity contribution >= 4 is 12.4 Å². The smallest absolute Gasteiger partial charge is 0.273 e. The topological polar surface area (TPSA) is 26.0 Å². The van der Waals surface area contributed by atoms with E-state index in [0.717, 1.165) is 11.1 Å². The Bertz CT molecular complexity index is 364. The van der Waals surface area contributed by atoms with Gasteiger partial charge in [-0.25, -0.2) is 8.78 Å². The Kier molecular flexibility index (Phi) is 3.36. The highest BCUT2D eigenvalue weighted by molar-refractivity contribution is 5.85. The molecule has 1 aromatic carbocycles. The van der Waals surface area contributed by atoms with E-state index >= 15 is 0 Å². The quantitative estimate of drug-likeness (QED) is 0.792. The van der Waals surface area contributed by atoms with E-state index in [9.17, 15) is 8.78 Å². The summed E-state index contributed by atoms with van der Waals surface area (Å²) in [5, 5.41) is 0. The predicted octanol–water partition coefficient (Wildman–Crippen LogP) is 3.17. The average Bonchev–Trinajstić information content (AvgIpc) is 2.42. The van der Waals surface area contributed by atoms with Crippen LogP contribution in [0.4, 0.5) is 8.78 Å². The SMILES string of the molecule is C[C@@H](N)c1cccc2c1CCC2(F)F.Cl. The highest BCUT2D eigenvalue weighted by Gasteiger charge is 2.39. The molecule has 0 heterocycles. The molecule has 2 N–H and O–H groups in total. The van der Waals surface area contributed by atoms with Crippen LogP contribution in [0.2, 0.25) is 0 Å². The number of nitrogens with two attached hydrogens (primary N) is 1. The molecule has 4 heteroatoms. The lowest BCUT2D eigenvalue weighted by Gasteiger charge is -2.13. The third-order valence-electron chi connectivity index (χ3n) is 2.79. The molecule has 1 aromatic rings. The minimum absolute atomic E-state index is 0. The summed E-state index contributed by atoms with van der Waals surface area (Å²) in [4.78, 5) is 0. The van der Waals surface area contributed by atoms with Gasteiger partial charge in [0.25, 0.3) is 5.92 Å². The maximum Gasteiger partial charge on any atom is 0.273 e. The first-order valence-corrected chi connectivity index (χ1v) is 4.78. The first-order chi connectivity index (χ1) is 6.52. The summed E-state index contributed by atoms with van der Waals surface area (Å²) < 4.78 is 26.7. The summed E-state index contributed by atoms with van der Waals surface area (Å²) in [7, 11) is 0. The van der Waals surface area contributed by atoms with Gasteiger partial charge in [-0.2, -0.15) is 0 Å². The van der Waals surface area contributed by atoms with Crippen molar-refractivity contribution in [1.29, 1.82) is 0 Å². The predicted molar refractivity (Wildman–Crippen MR) is 58.5 cm³/mol. The van der Waals surface area contributed by atoms with E-state index in [4.69, 9.17) is 5.73 Å². The van der Waals surface area contributed by atoms with Crippen molar-refractivity contribution in [3.63, 3.8) is 0 Å². The molecule has 2 rings (SSSR count). The number of halogens is 3. The zero-order valence-electron chi connectivity index (χ0n) is 8.47. The lowest BCUT2D eigenvalue weighted by atomic mass is 9.98. The van der Waals surface area contributed by atoms with Gasteiger partial charge in [0.1, 0.15) is 0 Å². The van der Waals surface area contributed by atoms with E-state index in [2.05, 4.69) is 0 Å². The molecule has 1 aliphatic carbocycles. The van der Waals surface area contributed by atoms with Crippen LogP contribution in [-0.4, -0.2) is 0 Å². The molecule has 0 unspecified atom stereocenters. The zero-order valence-corrected chi connectivity index (χ0v) is 9.28. The number of fused-ring (bicyclic) bond motifs is 1. The molecule has 1 atom stereocenters. The highest BCUT2D eigenvalue weighted by atomic mass is 35.5. The molecular formula is C11H14ClF2N. The molecule has 0 amide bonds. The van der Waals surface area contributed by atoms with Gasteiger partial charge in [0.2, 0.25) is 0 Å². The molecule has 0 aliphatic heterocycles. The van der Waals surface area contributed by atoms with Gasteiger partial charge in [-0.1, -0.05) is 18.2 Å². The standard InChI is InChI=1S/C11H13F2N.ClH/c1-7(14)8-3-2-4-10-9(8)5-6-11(10,12)13;/h2-4,7H,5-6,14H2,1H3;1H/t7-;/m1./s1. The summed E-state index contributed by atoms with van der Waals surface area (Å²) in [5.41, 5.74) is 7.52. The van der Waals surface area contributed by atoms with Crippen molar-refractivity contribution in [2.75, 3.05) is 0 Å². The molecule has 0 radical (unpaired) electrons. The number of benzene rings is 1. The molecular weight excluding hydrogens is 220 g/mol. The van der Waals surface area contributed by atoms with Crippen LogP contribution in [0, 0.1) is 0 Å². The molecule has 0 bridgehead atoms. The van der Waals surface area contributed by atoms with Crippen LogP contribution in [0.3, 0.4) is 0 Å². The summed E-state index contributed by atoms with van der Waals surface area (Å²) >= 11 is 0. The van der Waals surface area contributed by atoms with Gasteiger partial charge in [-0.3, -0.25) is 0 Å². The molecule has 0 fully saturated rings. The van der Waals surface area contributed by atoms with E-state index in [1.165, 1.54) is 6.07 Å². The molecule has 15 heavy (non-hydrogen) atoms. The Morgan fingerprint density at radius 3 is 2.67 bits per heavy atom. The van der Waals surface area contributed by atoms with E-state index in [1.54, 1.807) is 6.07 Å². The maximum absolute atomic E-state index is 13.3. The monoisotopic (exact) mass is 233 g/mol. The van der Waals surface area contributed by atoms with Gasteiger partial charge >= 0.3 is 0 Å². The Balaban J connectivity index is 0.00000112. The van der Waals surface area contributed by atoms with Crippen molar-refractivity contribution in [1.82, 2.24) is 0 Å². The van der Waals surface area contributed by atoms with Crippen molar-refractivity contribution in [3.05, 3.63) is 34.9 Å². The number of hydrogen-bond donors (Lipinski definition) is 1. The van der Waals surface area contributed by atoms with Crippen LogP contribution in [0.5, 0.6) is 0 Å². The largest absolute Gasteiger partial charge is 0.324 e. The fraction of sp³-hybridized carbons (Fsp3) is 0.455. The van der Waals surface area contributed by atoms with Crippen molar-refractivity contribution in [3.8, 4) is 0 Å². The minimum Gasteiger partial charge on any atom is -0.324 e. The Morgan fingerprint density at radius 2 is 2.07 bits per heavy atom. The van der Waals surface area contributed by atoms with Crippen LogP contribution in [-0.2, 0) is 12.3 Å². The Hall–Kier alpha value is -0.670. The van der Waals surface area contributed by atoms with Crippen LogP contribution in [0.25, 0.3) is 0 Å². The second kappa shape index (κ2) is 4.06. The van der Waals surface area contributed by atoms with Gasteiger partial charge in [0, 0.05) is 18.0 Å². The summed E-state index contributed by atoms with van der Waals surface area (Å²) in [5.74, 6) is -2.65. The Labute approximate surface area is 94.1 Å². The fourth-order valence-corrected chi connectivity index (χ4v) is 2.07. The number of alkyl halides is 2. The first-order valence-electron chi connectivity index (χ1n) is 4.78. The summed E-state index contributed by atoms with van der Waals surface area (Å²) in [6.07, 6.45) is 0.367. The minimum atomic E-state index is -2.65. The van der Waals surface area contributed by atoms with E-state index < -0.39 is 5.92 Å². The van der Waals surface area contributed by atoms with Crippen LogP contribution < -0.4 is 5.73 Å². The van der Waals surface area contributed by atoms with Gasteiger partial charge in [-0.05, 0) is 24.5 Å². The molecule has 1 nitrogen and oxygen atoms in total. The van der Waals surface area contributed by atoms with Crippen LogP contribution in [0.15, 0.2) is 18.2 Å². The van der Waals surface area contributed by atoms with E-state index in [0.29, 0.717) is 6.42 Å².